The van der Waals surface area contributed by atoms with Gasteiger partial charge in [-0.15, -0.1) is 0 Å². The number of amides is 3. The van der Waals surface area contributed by atoms with Gasteiger partial charge in [-0.2, -0.15) is 0 Å². The molecule has 0 heterocycles. The van der Waals surface area contributed by atoms with Crippen LogP contribution in [0.3, 0.4) is 0 Å². The van der Waals surface area contributed by atoms with Gasteiger partial charge in [-0.05, 0) is 26.7 Å². The summed E-state index contributed by atoms with van der Waals surface area (Å²) in [7, 11) is 0. The van der Waals surface area contributed by atoms with Crippen molar-refractivity contribution < 1.29 is 14.3 Å². The van der Waals surface area contributed by atoms with Crippen LogP contribution in [0, 0.1) is 5.41 Å². The molecule has 0 saturated carbocycles. The minimum Gasteiger partial charge on any atom is -0.381 e. The maximum Gasteiger partial charge on any atom is 0.314 e. The van der Waals surface area contributed by atoms with Crippen molar-refractivity contribution in [2.24, 2.45) is 11.1 Å². The molecule has 0 saturated heterocycles. The Morgan fingerprint density at radius 2 is 1.79 bits per heavy atom. The van der Waals surface area contributed by atoms with Crippen LogP contribution in [0.5, 0.6) is 0 Å². The zero-order valence-corrected chi connectivity index (χ0v) is 12.3. The van der Waals surface area contributed by atoms with E-state index >= 15 is 0 Å². The van der Waals surface area contributed by atoms with Gasteiger partial charge in [-0.3, -0.25) is 4.79 Å². The van der Waals surface area contributed by atoms with Gasteiger partial charge in [0.1, 0.15) is 0 Å². The molecule has 0 rings (SSSR count). The van der Waals surface area contributed by atoms with Gasteiger partial charge in [0.25, 0.3) is 0 Å². The molecule has 6 nitrogen and oxygen atoms in total. The second kappa shape index (κ2) is 9.61. The average molecular weight is 273 g/mol. The molecular formula is C13H27N3O3. The van der Waals surface area contributed by atoms with Crippen LogP contribution in [0.25, 0.3) is 0 Å². The molecule has 4 N–H and O–H groups in total. The zero-order chi connectivity index (χ0) is 14.7. The van der Waals surface area contributed by atoms with Crippen LogP contribution in [0.15, 0.2) is 0 Å². The third-order valence-electron chi connectivity index (χ3n) is 2.75. The number of primary amides is 1. The van der Waals surface area contributed by atoms with Crippen LogP contribution >= 0.6 is 0 Å². The summed E-state index contributed by atoms with van der Waals surface area (Å²) < 4.78 is 5.37. The molecule has 19 heavy (non-hydrogen) atoms. The predicted molar refractivity (Wildman–Crippen MR) is 74.7 cm³/mol. The van der Waals surface area contributed by atoms with Crippen molar-refractivity contribution in [2.45, 2.75) is 40.0 Å². The minimum atomic E-state index is -0.736. The third-order valence-corrected chi connectivity index (χ3v) is 2.75. The number of carbonyl (C=O) groups excluding carboxylic acids is 2. The first-order valence-electron chi connectivity index (χ1n) is 6.79. The lowest BCUT2D eigenvalue weighted by Gasteiger charge is -2.20. The Kier molecular flexibility index (Phi) is 8.95. The summed E-state index contributed by atoms with van der Waals surface area (Å²) in [4.78, 5) is 22.5. The lowest BCUT2D eigenvalue weighted by molar-refractivity contribution is -0.125. The molecule has 0 aromatic rings. The van der Waals surface area contributed by atoms with Gasteiger partial charge in [0, 0.05) is 26.3 Å². The molecule has 0 radical (unpaired) electrons. The largest absolute Gasteiger partial charge is 0.381 e. The second-order valence-corrected chi connectivity index (χ2v) is 5.18. The maximum absolute atomic E-state index is 11.4. The van der Waals surface area contributed by atoms with E-state index in [1.165, 1.54) is 0 Å². The Labute approximate surface area is 115 Å². The molecule has 0 aromatic carbocycles. The SMILES string of the molecule is CCCCOCCCNC(=O)NCC(C)(C)C(N)=O. The normalized spacial score (nSPS) is 11.1. The maximum atomic E-state index is 11.4. The zero-order valence-electron chi connectivity index (χ0n) is 12.3. The van der Waals surface area contributed by atoms with E-state index in [1.54, 1.807) is 13.8 Å². The van der Waals surface area contributed by atoms with Crippen molar-refractivity contribution in [3.8, 4) is 0 Å². The summed E-state index contributed by atoms with van der Waals surface area (Å²) in [5, 5.41) is 5.33. The Hall–Kier alpha value is -1.30. The van der Waals surface area contributed by atoms with E-state index in [-0.39, 0.29) is 12.6 Å². The van der Waals surface area contributed by atoms with E-state index < -0.39 is 11.3 Å². The third kappa shape index (κ3) is 9.30. The monoisotopic (exact) mass is 273 g/mol. The number of urea groups is 1. The van der Waals surface area contributed by atoms with Crippen molar-refractivity contribution in [3.05, 3.63) is 0 Å². The summed E-state index contributed by atoms with van der Waals surface area (Å²) in [5.41, 5.74) is 4.47. The number of carbonyl (C=O) groups is 2. The molecule has 0 fully saturated rings. The van der Waals surface area contributed by atoms with Crippen LogP contribution in [-0.4, -0.2) is 38.2 Å². The fourth-order valence-corrected chi connectivity index (χ4v) is 1.18. The summed E-state index contributed by atoms with van der Waals surface area (Å²) in [5.74, 6) is -0.433. The molecule has 0 aliphatic heterocycles. The van der Waals surface area contributed by atoms with Gasteiger partial charge in [0.15, 0.2) is 0 Å². The Morgan fingerprint density at radius 1 is 1.16 bits per heavy atom. The lowest BCUT2D eigenvalue weighted by Crippen LogP contribution is -2.45. The molecule has 0 aromatic heterocycles. The topological polar surface area (TPSA) is 93.4 Å². The van der Waals surface area contributed by atoms with Crippen LogP contribution in [0.2, 0.25) is 0 Å². The van der Waals surface area contributed by atoms with Crippen molar-refractivity contribution in [1.82, 2.24) is 10.6 Å². The van der Waals surface area contributed by atoms with Gasteiger partial charge >= 0.3 is 6.03 Å². The number of unbranched alkanes of at least 4 members (excludes halogenated alkanes) is 1. The highest BCUT2D eigenvalue weighted by Crippen LogP contribution is 2.11. The van der Waals surface area contributed by atoms with E-state index in [2.05, 4.69) is 17.6 Å². The summed E-state index contributed by atoms with van der Waals surface area (Å²) in [6.45, 7) is 7.69. The molecular weight excluding hydrogens is 246 g/mol. The molecule has 6 heteroatoms. The first-order valence-corrected chi connectivity index (χ1v) is 6.79. The number of hydrogen-bond acceptors (Lipinski definition) is 3. The van der Waals surface area contributed by atoms with Gasteiger partial charge in [0.05, 0.1) is 5.41 Å². The van der Waals surface area contributed by atoms with Gasteiger partial charge < -0.3 is 21.1 Å². The second-order valence-electron chi connectivity index (χ2n) is 5.18. The Bertz CT molecular complexity index is 280. The van der Waals surface area contributed by atoms with Gasteiger partial charge in [0.2, 0.25) is 5.91 Å². The summed E-state index contributed by atoms with van der Waals surface area (Å²) in [6, 6.07) is -0.289. The minimum absolute atomic E-state index is 0.223. The number of nitrogens with one attached hydrogen (secondary N) is 2. The van der Waals surface area contributed by atoms with E-state index in [4.69, 9.17) is 10.5 Å². The summed E-state index contributed by atoms with van der Waals surface area (Å²) in [6.07, 6.45) is 2.96. The first kappa shape index (κ1) is 17.7. The van der Waals surface area contributed by atoms with Crippen molar-refractivity contribution >= 4 is 11.9 Å². The number of nitrogens with two attached hydrogens (primary N) is 1. The average Bonchev–Trinajstić information content (AvgIpc) is 2.35. The lowest BCUT2D eigenvalue weighted by atomic mass is 9.93. The van der Waals surface area contributed by atoms with Crippen molar-refractivity contribution in [2.75, 3.05) is 26.3 Å². The predicted octanol–water partition coefficient (Wildman–Crippen LogP) is 1.00. The van der Waals surface area contributed by atoms with Crippen molar-refractivity contribution in [3.63, 3.8) is 0 Å². The highest BCUT2D eigenvalue weighted by molar-refractivity contribution is 5.81. The van der Waals surface area contributed by atoms with Crippen LogP contribution < -0.4 is 16.4 Å². The smallest absolute Gasteiger partial charge is 0.314 e. The van der Waals surface area contributed by atoms with Crippen LogP contribution in [0.4, 0.5) is 4.79 Å². The fourth-order valence-electron chi connectivity index (χ4n) is 1.18. The highest BCUT2D eigenvalue weighted by Gasteiger charge is 2.25. The molecule has 0 aliphatic rings. The quantitative estimate of drug-likeness (QED) is 0.518. The number of hydrogen-bond donors (Lipinski definition) is 3. The van der Waals surface area contributed by atoms with E-state index in [1.807, 2.05) is 0 Å². The van der Waals surface area contributed by atoms with Gasteiger partial charge in [-0.1, -0.05) is 13.3 Å². The van der Waals surface area contributed by atoms with Crippen LogP contribution in [-0.2, 0) is 9.53 Å². The standard InChI is InChI=1S/C13H27N3O3/c1-4-5-8-19-9-6-7-15-12(18)16-10-13(2,3)11(14)17/h4-10H2,1-3H3,(H2,14,17)(H2,15,16,18). The summed E-state index contributed by atoms with van der Waals surface area (Å²) >= 11 is 0. The van der Waals surface area contributed by atoms with Gasteiger partial charge in [-0.25, -0.2) is 4.79 Å². The van der Waals surface area contributed by atoms with Crippen LogP contribution in [0.1, 0.15) is 40.0 Å². The molecule has 0 aliphatic carbocycles. The molecule has 0 atom stereocenters. The van der Waals surface area contributed by atoms with E-state index in [0.717, 1.165) is 25.9 Å². The fraction of sp³-hybridized carbons (Fsp3) is 0.846. The highest BCUT2D eigenvalue weighted by atomic mass is 16.5. The van der Waals surface area contributed by atoms with Crippen molar-refractivity contribution in [1.29, 1.82) is 0 Å². The molecule has 0 bridgehead atoms. The molecule has 3 amide bonds. The number of rotatable bonds is 10. The molecule has 0 unspecified atom stereocenters. The Balaban J connectivity index is 3.53. The molecule has 0 spiro atoms. The Morgan fingerprint density at radius 3 is 2.37 bits per heavy atom. The van der Waals surface area contributed by atoms with E-state index in [0.29, 0.717) is 13.2 Å². The first-order chi connectivity index (χ1) is 8.90. The number of ether oxygens (including phenoxy) is 1. The van der Waals surface area contributed by atoms with E-state index in [9.17, 15) is 9.59 Å². The molecule has 112 valence electrons.